The van der Waals surface area contributed by atoms with E-state index >= 15 is 0 Å². The molecule has 0 saturated carbocycles. The van der Waals surface area contributed by atoms with E-state index in [1.807, 2.05) is 0 Å². The first kappa shape index (κ1) is 9.27. The summed E-state index contributed by atoms with van der Waals surface area (Å²) in [6.45, 7) is 2.09. The summed E-state index contributed by atoms with van der Waals surface area (Å²) in [6.07, 6.45) is 0. The van der Waals surface area contributed by atoms with Gasteiger partial charge in [-0.2, -0.15) is 0 Å². The molecule has 0 aromatic heterocycles. The van der Waals surface area contributed by atoms with Gasteiger partial charge in [-0.1, -0.05) is 0 Å². The second kappa shape index (κ2) is 3.46. The van der Waals surface area contributed by atoms with Crippen LogP contribution in [0.5, 0.6) is 0 Å². The Bertz CT molecular complexity index is 325. The summed E-state index contributed by atoms with van der Waals surface area (Å²) in [6, 6.07) is 6.65. The minimum atomic E-state index is 1.02. The number of hydrogen-bond acceptors (Lipinski definition) is 2. The lowest BCUT2D eigenvalue weighted by molar-refractivity contribution is 0.316. The van der Waals surface area contributed by atoms with E-state index in [9.17, 15) is 0 Å². The maximum Gasteiger partial charge on any atom is 0.0704 e. The summed E-state index contributed by atoms with van der Waals surface area (Å²) < 4.78 is 1.32. The highest BCUT2D eigenvalue weighted by Crippen LogP contribution is 2.26. The number of rotatable bonds is 0. The zero-order valence-electron chi connectivity index (χ0n) is 7.92. The molecule has 1 aromatic rings. The van der Waals surface area contributed by atoms with Gasteiger partial charge in [-0.25, -0.2) is 0 Å². The Kier molecular flexibility index (Phi) is 2.47. The number of halogens is 1. The van der Waals surface area contributed by atoms with Gasteiger partial charge in [0.25, 0.3) is 0 Å². The van der Waals surface area contributed by atoms with Crippen molar-refractivity contribution >= 4 is 28.3 Å². The first-order valence-corrected chi connectivity index (χ1v) is 5.43. The first-order valence-electron chi connectivity index (χ1n) is 4.35. The molecule has 0 spiro atoms. The fourth-order valence-electron chi connectivity index (χ4n) is 1.83. The molecule has 1 heterocycles. The van der Waals surface area contributed by atoms with Crippen molar-refractivity contribution in [3.05, 3.63) is 27.3 Å². The first-order chi connectivity index (χ1) is 6.16. The Morgan fingerprint density at radius 1 is 1.31 bits per heavy atom. The van der Waals surface area contributed by atoms with Gasteiger partial charge in [0, 0.05) is 22.8 Å². The van der Waals surface area contributed by atoms with E-state index in [0.29, 0.717) is 0 Å². The van der Waals surface area contributed by atoms with Crippen molar-refractivity contribution in [2.75, 3.05) is 25.7 Å². The molecule has 0 bridgehead atoms. The molecule has 0 amide bonds. The number of anilines is 1. The van der Waals surface area contributed by atoms with E-state index in [0.717, 1.165) is 13.2 Å². The summed E-state index contributed by atoms with van der Waals surface area (Å²) in [5.41, 5.74) is 2.81. The van der Waals surface area contributed by atoms with Crippen LogP contribution in [0.15, 0.2) is 18.2 Å². The Hall–Kier alpha value is -0.290. The normalized spacial score (nSPS) is 17.3. The molecular weight excluding hydrogens is 275 g/mol. The predicted molar refractivity (Wildman–Crippen MR) is 63.9 cm³/mol. The van der Waals surface area contributed by atoms with Gasteiger partial charge in [0.15, 0.2) is 0 Å². The highest BCUT2D eigenvalue weighted by Gasteiger charge is 2.16. The SMILES string of the molecule is CN1Cc2cc(I)ccc2N(C)C1. The molecule has 0 unspecified atom stereocenters. The van der Waals surface area contributed by atoms with Crippen LogP contribution < -0.4 is 4.90 Å². The van der Waals surface area contributed by atoms with Gasteiger partial charge in [0.1, 0.15) is 0 Å². The lowest BCUT2D eigenvalue weighted by atomic mass is 10.1. The third kappa shape index (κ3) is 1.81. The van der Waals surface area contributed by atoms with E-state index in [-0.39, 0.29) is 0 Å². The summed E-state index contributed by atoms with van der Waals surface area (Å²) in [5, 5.41) is 0. The van der Waals surface area contributed by atoms with Crippen LogP contribution in [-0.4, -0.2) is 25.7 Å². The number of benzene rings is 1. The van der Waals surface area contributed by atoms with E-state index in [2.05, 4.69) is 64.7 Å². The molecule has 1 aliphatic rings. The monoisotopic (exact) mass is 288 g/mol. The van der Waals surface area contributed by atoms with E-state index < -0.39 is 0 Å². The van der Waals surface area contributed by atoms with Gasteiger partial charge in [-0.05, 0) is 53.4 Å². The highest BCUT2D eigenvalue weighted by molar-refractivity contribution is 14.1. The standard InChI is InChI=1S/C10H13IN2/c1-12-6-8-5-9(11)3-4-10(8)13(2)7-12/h3-5H,6-7H2,1-2H3. The van der Waals surface area contributed by atoms with Crippen LogP contribution in [0.3, 0.4) is 0 Å². The van der Waals surface area contributed by atoms with Crippen molar-refractivity contribution < 1.29 is 0 Å². The summed E-state index contributed by atoms with van der Waals surface area (Å²) >= 11 is 2.36. The molecule has 3 heteroatoms. The lowest BCUT2D eigenvalue weighted by Crippen LogP contribution is -2.37. The Morgan fingerprint density at radius 3 is 2.85 bits per heavy atom. The molecule has 1 aliphatic heterocycles. The van der Waals surface area contributed by atoms with Gasteiger partial charge >= 0.3 is 0 Å². The molecule has 0 aliphatic carbocycles. The Labute approximate surface area is 92.7 Å². The second-order valence-electron chi connectivity index (χ2n) is 3.63. The molecule has 0 saturated heterocycles. The zero-order chi connectivity index (χ0) is 9.42. The molecule has 13 heavy (non-hydrogen) atoms. The van der Waals surface area contributed by atoms with Crippen molar-refractivity contribution in [1.82, 2.24) is 4.90 Å². The van der Waals surface area contributed by atoms with Crippen molar-refractivity contribution in [3.8, 4) is 0 Å². The molecule has 0 radical (unpaired) electrons. The van der Waals surface area contributed by atoms with E-state index in [1.165, 1.54) is 14.8 Å². The van der Waals surface area contributed by atoms with Gasteiger partial charge < -0.3 is 4.90 Å². The third-order valence-corrected chi connectivity index (χ3v) is 3.02. The Balaban J connectivity index is 2.43. The number of fused-ring (bicyclic) bond motifs is 1. The van der Waals surface area contributed by atoms with Crippen molar-refractivity contribution in [2.45, 2.75) is 6.54 Å². The van der Waals surface area contributed by atoms with E-state index in [1.54, 1.807) is 0 Å². The minimum absolute atomic E-state index is 1.02. The van der Waals surface area contributed by atoms with Crippen molar-refractivity contribution in [2.24, 2.45) is 0 Å². The molecule has 1 aromatic carbocycles. The van der Waals surface area contributed by atoms with Crippen LogP contribution >= 0.6 is 22.6 Å². The number of hydrogen-bond donors (Lipinski definition) is 0. The fraction of sp³-hybridized carbons (Fsp3) is 0.400. The minimum Gasteiger partial charge on any atom is -0.361 e. The van der Waals surface area contributed by atoms with Crippen LogP contribution in [0.2, 0.25) is 0 Å². The van der Waals surface area contributed by atoms with Crippen LogP contribution in [0, 0.1) is 3.57 Å². The smallest absolute Gasteiger partial charge is 0.0704 e. The quantitative estimate of drug-likeness (QED) is 0.675. The summed E-state index contributed by atoms with van der Waals surface area (Å²) in [5.74, 6) is 0. The van der Waals surface area contributed by atoms with Crippen LogP contribution in [-0.2, 0) is 6.54 Å². The molecule has 70 valence electrons. The van der Waals surface area contributed by atoms with Crippen molar-refractivity contribution in [1.29, 1.82) is 0 Å². The molecule has 2 rings (SSSR count). The summed E-state index contributed by atoms with van der Waals surface area (Å²) in [7, 11) is 4.29. The maximum absolute atomic E-state index is 2.36. The largest absolute Gasteiger partial charge is 0.361 e. The molecule has 2 nitrogen and oxygen atoms in total. The van der Waals surface area contributed by atoms with Crippen LogP contribution in [0.4, 0.5) is 5.69 Å². The van der Waals surface area contributed by atoms with Crippen molar-refractivity contribution in [3.63, 3.8) is 0 Å². The maximum atomic E-state index is 2.36. The van der Waals surface area contributed by atoms with Gasteiger partial charge in [-0.15, -0.1) is 0 Å². The average Bonchev–Trinajstić information content (AvgIpc) is 2.02. The van der Waals surface area contributed by atoms with Gasteiger partial charge in [0.2, 0.25) is 0 Å². The molecule has 0 atom stereocenters. The molecular formula is C10H13IN2. The topological polar surface area (TPSA) is 6.48 Å². The van der Waals surface area contributed by atoms with Gasteiger partial charge in [0.05, 0.1) is 6.67 Å². The fourth-order valence-corrected chi connectivity index (χ4v) is 2.39. The lowest BCUT2D eigenvalue weighted by Gasteiger charge is -2.33. The highest BCUT2D eigenvalue weighted by atomic mass is 127. The van der Waals surface area contributed by atoms with Crippen LogP contribution in [0.25, 0.3) is 0 Å². The molecule has 0 N–H and O–H groups in total. The van der Waals surface area contributed by atoms with Gasteiger partial charge in [-0.3, -0.25) is 4.90 Å². The molecule has 0 fully saturated rings. The van der Waals surface area contributed by atoms with Crippen LogP contribution in [0.1, 0.15) is 5.56 Å². The average molecular weight is 288 g/mol. The predicted octanol–water partition coefficient (Wildman–Crippen LogP) is 2.13. The Morgan fingerprint density at radius 2 is 2.08 bits per heavy atom. The number of nitrogens with zero attached hydrogens (tertiary/aromatic N) is 2. The second-order valence-corrected chi connectivity index (χ2v) is 4.87. The van der Waals surface area contributed by atoms with E-state index in [4.69, 9.17) is 0 Å². The third-order valence-electron chi connectivity index (χ3n) is 2.35. The zero-order valence-corrected chi connectivity index (χ0v) is 10.1. The summed E-state index contributed by atoms with van der Waals surface area (Å²) in [4.78, 5) is 4.60.